The second kappa shape index (κ2) is 9.09. The Morgan fingerprint density at radius 3 is 2.35 bits per heavy atom. The summed E-state index contributed by atoms with van der Waals surface area (Å²) in [6.45, 7) is 3.67. The van der Waals surface area contributed by atoms with Gasteiger partial charge in [-0.05, 0) is 56.2 Å². The molecule has 1 aliphatic rings. The molecule has 164 valence electrons. The maximum absolute atomic E-state index is 14.4. The van der Waals surface area contributed by atoms with Gasteiger partial charge < -0.3 is 14.1 Å². The molecule has 6 nitrogen and oxygen atoms in total. The Morgan fingerprint density at radius 2 is 1.71 bits per heavy atom. The third kappa shape index (κ3) is 4.44. The molecule has 1 aliphatic heterocycles. The van der Waals surface area contributed by atoms with E-state index >= 15 is 0 Å². The van der Waals surface area contributed by atoms with E-state index in [0.717, 1.165) is 25.7 Å². The van der Waals surface area contributed by atoms with E-state index in [1.54, 1.807) is 24.3 Å². The number of anilines is 1. The lowest BCUT2D eigenvalue weighted by Crippen LogP contribution is -2.25. The van der Waals surface area contributed by atoms with Gasteiger partial charge in [-0.15, -0.1) is 0 Å². The summed E-state index contributed by atoms with van der Waals surface area (Å²) in [5, 5.41) is -0.184. The van der Waals surface area contributed by atoms with Gasteiger partial charge in [0.15, 0.2) is 0 Å². The topological polar surface area (TPSA) is 72.6 Å². The molecule has 31 heavy (non-hydrogen) atoms. The standard InChI is InChI=1S/C23H25FN2O4S/c1-2-29-17-11-13-18(14-12-17)31(27,28)22-23(26-15-7-3-4-8-16-26)30-21(25-22)19-9-5-6-10-20(19)24/h5-6,9-14H,2-4,7-8,15-16H2,1H3. The number of aromatic nitrogens is 1. The van der Waals surface area contributed by atoms with E-state index in [-0.39, 0.29) is 27.3 Å². The van der Waals surface area contributed by atoms with Gasteiger partial charge in [-0.2, -0.15) is 4.98 Å². The van der Waals surface area contributed by atoms with Gasteiger partial charge in [-0.1, -0.05) is 25.0 Å². The van der Waals surface area contributed by atoms with Gasteiger partial charge in [0.25, 0.3) is 0 Å². The van der Waals surface area contributed by atoms with Crippen LogP contribution in [0.3, 0.4) is 0 Å². The first-order valence-corrected chi connectivity index (χ1v) is 12.0. The summed E-state index contributed by atoms with van der Waals surface area (Å²) in [7, 11) is -3.99. The Morgan fingerprint density at radius 1 is 1.03 bits per heavy atom. The van der Waals surface area contributed by atoms with Gasteiger partial charge in [0.05, 0.1) is 17.1 Å². The minimum absolute atomic E-state index is 0.0399. The van der Waals surface area contributed by atoms with Crippen LogP contribution in [-0.4, -0.2) is 33.1 Å². The maximum Gasteiger partial charge on any atom is 0.236 e. The molecule has 2 heterocycles. The van der Waals surface area contributed by atoms with E-state index in [9.17, 15) is 12.8 Å². The molecular weight excluding hydrogens is 419 g/mol. The molecule has 2 aromatic carbocycles. The van der Waals surface area contributed by atoms with Gasteiger partial charge in [0.2, 0.25) is 26.6 Å². The molecule has 8 heteroatoms. The molecule has 0 aliphatic carbocycles. The fraction of sp³-hybridized carbons (Fsp3) is 0.348. The van der Waals surface area contributed by atoms with Gasteiger partial charge in [-0.3, -0.25) is 0 Å². The first-order valence-electron chi connectivity index (χ1n) is 10.5. The van der Waals surface area contributed by atoms with Gasteiger partial charge in [-0.25, -0.2) is 12.8 Å². The third-order valence-corrected chi connectivity index (χ3v) is 6.94. The Hall–Kier alpha value is -2.87. The Labute approximate surface area is 181 Å². The smallest absolute Gasteiger partial charge is 0.236 e. The summed E-state index contributed by atoms with van der Waals surface area (Å²) in [5.74, 6) is 0.202. The average molecular weight is 445 g/mol. The Bertz CT molecular complexity index is 1130. The molecule has 1 fully saturated rings. The van der Waals surface area contributed by atoms with Gasteiger partial charge >= 0.3 is 0 Å². The van der Waals surface area contributed by atoms with Crippen molar-refractivity contribution in [2.75, 3.05) is 24.6 Å². The lowest BCUT2D eigenvalue weighted by molar-refractivity contribution is 0.340. The number of sulfone groups is 1. The first-order chi connectivity index (χ1) is 15.0. The van der Waals surface area contributed by atoms with E-state index in [4.69, 9.17) is 9.15 Å². The quantitative estimate of drug-likeness (QED) is 0.527. The predicted octanol–water partition coefficient (Wildman–Crippen LogP) is 5.09. The number of hydrogen-bond acceptors (Lipinski definition) is 6. The lowest BCUT2D eigenvalue weighted by atomic mass is 10.2. The van der Waals surface area contributed by atoms with Crippen LogP contribution in [0.15, 0.2) is 62.9 Å². The van der Waals surface area contributed by atoms with Crippen molar-refractivity contribution in [3.05, 3.63) is 54.3 Å². The zero-order chi connectivity index (χ0) is 21.8. The molecule has 0 radical (unpaired) electrons. The zero-order valence-electron chi connectivity index (χ0n) is 17.4. The van der Waals surface area contributed by atoms with Crippen molar-refractivity contribution in [1.82, 2.24) is 4.98 Å². The maximum atomic E-state index is 14.4. The van der Waals surface area contributed by atoms with Crippen LogP contribution in [0.5, 0.6) is 5.75 Å². The molecule has 0 N–H and O–H groups in total. The average Bonchev–Trinajstić information content (AvgIpc) is 3.04. The Balaban J connectivity index is 1.81. The summed E-state index contributed by atoms with van der Waals surface area (Å²) in [5.41, 5.74) is 0.131. The third-order valence-electron chi connectivity index (χ3n) is 5.28. The summed E-state index contributed by atoms with van der Waals surface area (Å²) >= 11 is 0. The molecule has 0 spiro atoms. The second-order valence-electron chi connectivity index (χ2n) is 7.42. The largest absolute Gasteiger partial charge is 0.494 e. The van der Waals surface area contributed by atoms with E-state index in [0.29, 0.717) is 25.4 Å². The molecule has 0 bridgehead atoms. The van der Waals surface area contributed by atoms with Gasteiger partial charge in [0.1, 0.15) is 11.6 Å². The van der Waals surface area contributed by atoms with Crippen LogP contribution in [-0.2, 0) is 9.84 Å². The molecule has 0 unspecified atom stereocenters. The summed E-state index contributed by atoms with van der Waals surface area (Å²) < 4.78 is 52.7. The number of nitrogens with zero attached hydrogens (tertiary/aromatic N) is 2. The minimum atomic E-state index is -3.99. The van der Waals surface area contributed by atoms with E-state index in [1.165, 1.54) is 24.3 Å². The fourth-order valence-corrected chi connectivity index (χ4v) is 5.01. The van der Waals surface area contributed by atoms with Crippen molar-refractivity contribution in [2.45, 2.75) is 42.5 Å². The monoisotopic (exact) mass is 444 g/mol. The van der Waals surface area contributed by atoms with Crippen LogP contribution in [0.25, 0.3) is 11.5 Å². The highest BCUT2D eigenvalue weighted by molar-refractivity contribution is 7.91. The van der Waals surface area contributed by atoms with E-state index in [2.05, 4.69) is 4.98 Å². The van der Waals surface area contributed by atoms with Crippen LogP contribution >= 0.6 is 0 Å². The highest BCUT2D eigenvalue weighted by Gasteiger charge is 2.32. The normalized spacial score (nSPS) is 15.0. The first kappa shape index (κ1) is 21.4. The zero-order valence-corrected chi connectivity index (χ0v) is 18.2. The van der Waals surface area contributed by atoms with E-state index < -0.39 is 15.7 Å². The van der Waals surface area contributed by atoms with Crippen molar-refractivity contribution >= 4 is 15.7 Å². The van der Waals surface area contributed by atoms with Crippen LogP contribution < -0.4 is 9.64 Å². The van der Waals surface area contributed by atoms with Crippen LogP contribution in [0.4, 0.5) is 10.3 Å². The van der Waals surface area contributed by atoms with Crippen molar-refractivity contribution in [1.29, 1.82) is 0 Å². The lowest BCUT2D eigenvalue weighted by Gasteiger charge is -2.20. The number of hydrogen-bond donors (Lipinski definition) is 0. The molecule has 0 saturated carbocycles. The molecule has 1 aromatic heterocycles. The summed E-state index contributed by atoms with van der Waals surface area (Å²) in [4.78, 5) is 6.28. The predicted molar refractivity (Wildman–Crippen MR) is 116 cm³/mol. The van der Waals surface area contributed by atoms with Crippen molar-refractivity contribution in [3.8, 4) is 17.2 Å². The number of ether oxygens (including phenoxy) is 1. The number of rotatable bonds is 6. The summed E-state index contributed by atoms with van der Waals surface area (Å²) in [6.07, 6.45) is 4.01. The van der Waals surface area contributed by atoms with Crippen molar-refractivity contribution in [2.24, 2.45) is 0 Å². The SMILES string of the molecule is CCOc1ccc(S(=O)(=O)c2nc(-c3ccccc3F)oc2N2CCCCCC2)cc1. The van der Waals surface area contributed by atoms with Crippen molar-refractivity contribution < 1.29 is 22.0 Å². The summed E-state index contributed by atoms with van der Waals surface area (Å²) in [6, 6.07) is 12.3. The fourth-order valence-electron chi connectivity index (χ4n) is 3.69. The molecule has 0 atom stereocenters. The molecule has 3 aromatic rings. The molecule has 0 amide bonds. The van der Waals surface area contributed by atoms with Crippen LogP contribution in [0, 0.1) is 5.82 Å². The van der Waals surface area contributed by atoms with Gasteiger partial charge in [0, 0.05) is 13.1 Å². The minimum Gasteiger partial charge on any atom is -0.494 e. The highest BCUT2D eigenvalue weighted by Crippen LogP contribution is 2.36. The molecular formula is C23H25FN2O4S. The van der Waals surface area contributed by atoms with Crippen molar-refractivity contribution in [3.63, 3.8) is 0 Å². The number of benzene rings is 2. The Kier molecular flexibility index (Phi) is 6.27. The molecule has 4 rings (SSSR count). The van der Waals surface area contributed by atoms with Crippen LogP contribution in [0.1, 0.15) is 32.6 Å². The highest BCUT2D eigenvalue weighted by atomic mass is 32.2. The number of oxazole rings is 1. The number of halogens is 1. The molecule has 1 saturated heterocycles. The second-order valence-corrected chi connectivity index (χ2v) is 9.28. The van der Waals surface area contributed by atoms with E-state index in [1.807, 2.05) is 11.8 Å². The van der Waals surface area contributed by atoms with Crippen LogP contribution in [0.2, 0.25) is 0 Å².